The number of carbonyl (C=O) groups is 1. The van der Waals surface area contributed by atoms with E-state index in [1.807, 2.05) is 18.8 Å². The molecule has 0 aromatic rings. The zero-order valence-corrected chi connectivity index (χ0v) is 11.4. The maximum Gasteiger partial charge on any atom is 0.237 e. The van der Waals surface area contributed by atoms with Crippen molar-refractivity contribution in [2.45, 2.75) is 62.0 Å². The first kappa shape index (κ1) is 13.8. The van der Waals surface area contributed by atoms with Gasteiger partial charge >= 0.3 is 0 Å². The summed E-state index contributed by atoms with van der Waals surface area (Å²) < 4.78 is 0. The van der Waals surface area contributed by atoms with Crippen molar-refractivity contribution in [3.63, 3.8) is 0 Å². The zero-order chi connectivity index (χ0) is 12.2. The van der Waals surface area contributed by atoms with Gasteiger partial charge in [0, 0.05) is 10.5 Å². The molecule has 1 aliphatic carbocycles. The van der Waals surface area contributed by atoms with E-state index in [1.54, 1.807) is 0 Å². The zero-order valence-electron chi connectivity index (χ0n) is 10.6. The molecule has 1 fully saturated rings. The number of rotatable bonds is 5. The van der Waals surface area contributed by atoms with E-state index < -0.39 is 5.54 Å². The molecule has 0 aromatic carbocycles. The highest BCUT2D eigenvalue weighted by Gasteiger charge is 2.40. The second-order valence-electron chi connectivity index (χ2n) is 4.77. The maximum atomic E-state index is 11.6. The number of hydrogen-bond donors (Lipinski definition) is 2. The van der Waals surface area contributed by atoms with Crippen molar-refractivity contribution in [3.8, 4) is 0 Å². The van der Waals surface area contributed by atoms with Crippen LogP contribution < -0.4 is 11.1 Å². The van der Waals surface area contributed by atoms with Crippen LogP contribution in [0.15, 0.2) is 0 Å². The van der Waals surface area contributed by atoms with Gasteiger partial charge in [0.15, 0.2) is 0 Å². The maximum absolute atomic E-state index is 11.6. The molecule has 1 aliphatic rings. The number of amides is 1. The van der Waals surface area contributed by atoms with Crippen molar-refractivity contribution in [2.24, 2.45) is 5.73 Å². The van der Waals surface area contributed by atoms with Crippen LogP contribution in [0, 0.1) is 0 Å². The van der Waals surface area contributed by atoms with Crippen molar-refractivity contribution in [3.05, 3.63) is 0 Å². The van der Waals surface area contributed by atoms with Crippen LogP contribution in [0.1, 0.15) is 46.0 Å². The van der Waals surface area contributed by atoms with Gasteiger partial charge in [-0.2, -0.15) is 11.8 Å². The average Bonchev–Trinajstić information content (AvgIpc) is 2.28. The standard InChI is InChI=1S/C12H24N2OS/c1-4-9(2)16-10-6-5-7-12(8-10,14-3)11(13)15/h9-10,14H,4-8H2,1-3H3,(H2,13,15). The van der Waals surface area contributed by atoms with Crippen molar-refractivity contribution >= 4 is 17.7 Å². The Morgan fingerprint density at radius 1 is 1.69 bits per heavy atom. The fraction of sp³-hybridized carbons (Fsp3) is 0.917. The number of carbonyl (C=O) groups excluding carboxylic acids is 1. The monoisotopic (exact) mass is 244 g/mol. The summed E-state index contributed by atoms with van der Waals surface area (Å²) in [6.45, 7) is 4.46. The third kappa shape index (κ3) is 3.14. The minimum Gasteiger partial charge on any atom is -0.368 e. The Balaban J connectivity index is 2.61. The van der Waals surface area contributed by atoms with Crippen molar-refractivity contribution < 1.29 is 4.79 Å². The predicted molar refractivity (Wildman–Crippen MR) is 70.6 cm³/mol. The van der Waals surface area contributed by atoms with Crippen LogP contribution >= 0.6 is 11.8 Å². The third-order valence-electron chi connectivity index (χ3n) is 3.66. The van der Waals surface area contributed by atoms with Crippen molar-refractivity contribution in [2.75, 3.05) is 7.05 Å². The Bertz CT molecular complexity index is 247. The largest absolute Gasteiger partial charge is 0.368 e. The second kappa shape index (κ2) is 5.92. The molecule has 4 heteroatoms. The van der Waals surface area contributed by atoms with Gasteiger partial charge < -0.3 is 11.1 Å². The van der Waals surface area contributed by atoms with Gasteiger partial charge in [-0.3, -0.25) is 4.79 Å². The molecule has 16 heavy (non-hydrogen) atoms. The van der Waals surface area contributed by atoms with Crippen LogP contribution in [0.3, 0.4) is 0 Å². The van der Waals surface area contributed by atoms with Gasteiger partial charge in [-0.15, -0.1) is 0 Å². The Morgan fingerprint density at radius 3 is 2.88 bits per heavy atom. The van der Waals surface area contributed by atoms with E-state index in [-0.39, 0.29) is 5.91 Å². The molecule has 3 atom stereocenters. The van der Waals surface area contributed by atoms with Crippen LogP contribution in [-0.2, 0) is 4.79 Å². The topological polar surface area (TPSA) is 55.1 Å². The fourth-order valence-corrected chi connectivity index (χ4v) is 3.87. The minimum absolute atomic E-state index is 0.190. The summed E-state index contributed by atoms with van der Waals surface area (Å²) in [5, 5.41) is 4.39. The highest BCUT2D eigenvalue weighted by molar-refractivity contribution is 8.00. The molecule has 0 heterocycles. The summed E-state index contributed by atoms with van der Waals surface area (Å²) in [6.07, 6.45) is 5.26. The summed E-state index contributed by atoms with van der Waals surface area (Å²) in [5.41, 5.74) is 5.07. The molecule has 1 amide bonds. The molecule has 0 saturated heterocycles. The Kier molecular flexibility index (Phi) is 5.12. The number of primary amides is 1. The predicted octanol–water partition coefficient (Wildman–Crippen LogP) is 1.90. The van der Waals surface area contributed by atoms with E-state index in [2.05, 4.69) is 19.2 Å². The summed E-state index contributed by atoms with van der Waals surface area (Å²) >= 11 is 2.01. The minimum atomic E-state index is -0.455. The molecule has 0 aromatic heterocycles. The molecule has 94 valence electrons. The van der Waals surface area contributed by atoms with E-state index in [0.29, 0.717) is 10.5 Å². The molecule has 3 nitrogen and oxygen atoms in total. The summed E-state index contributed by atoms with van der Waals surface area (Å²) in [4.78, 5) is 11.6. The lowest BCUT2D eigenvalue weighted by atomic mass is 9.81. The van der Waals surface area contributed by atoms with Gasteiger partial charge in [0.2, 0.25) is 5.91 Å². The number of nitrogens with two attached hydrogens (primary N) is 1. The highest BCUT2D eigenvalue weighted by atomic mass is 32.2. The highest BCUT2D eigenvalue weighted by Crippen LogP contribution is 2.37. The van der Waals surface area contributed by atoms with Gasteiger partial charge in [-0.1, -0.05) is 13.8 Å². The fourth-order valence-electron chi connectivity index (χ4n) is 2.34. The molecule has 0 radical (unpaired) electrons. The van der Waals surface area contributed by atoms with Crippen LogP contribution in [0.5, 0.6) is 0 Å². The first-order valence-corrected chi connectivity index (χ1v) is 7.12. The van der Waals surface area contributed by atoms with Gasteiger partial charge in [0.1, 0.15) is 0 Å². The molecule has 0 aliphatic heterocycles. The molecular weight excluding hydrogens is 220 g/mol. The summed E-state index contributed by atoms with van der Waals surface area (Å²) in [7, 11) is 1.85. The van der Waals surface area contributed by atoms with Crippen LogP contribution in [0.2, 0.25) is 0 Å². The van der Waals surface area contributed by atoms with Gasteiger partial charge in [0.05, 0.1) is 5.54 Å². The van der Waals surface area contributed by atoms with Crippen LogP contribution in [0.25, 0.3) is 0 Å². The second-order valence-corrected chi connectivity index (χ2v) is 6.51. The smallest absolute Gasteiger partial charge is 0.237 e. The lowest BCUT2D eigenvalue weighted by Gasteiger charge is -2.38. The molecular formula is C12H24N2OS. The SMILES string of the molecule is CCC(C)SC1CCCC(NC)(C(N)=O)C1. The lowest BCUT2D eigenvalue weighted by molar-refractivity contribution is -0.125. The van der Waals surface area contributed by atoms with Crippen molar-refractivity contribution in [1.82, 2.24) is 5.32 Å². The molecule has 1 saturated carbocycles. The first-order chi connectivity index (χ1) is 7.54. The van der Waals surface area contributed by atoms with Gasteiger partial charge in [-0.05, 0) is 39.2 Å². The molecule has 3 N–H and O–H groups in total. The van der Waals surface area contributed by atoms with Gasteiger partial charge in [-0.25, -0.2) is 0 Å². The molecule has 0 bridgehead atoms. The number of likely N-dealkylation sites (N-methyl/N-ethyl adjacent to an activating group) is 1. The van der Waals surface area contributed by atoms with Crippen LogP contribution in [-0.4, -0.2) is 29.0 Å². The van der Waals surface area contributed by atoms with Crippen molar-refractivity contribution in [1.29, 1.82) is 0 Å². The Morgan fingerprint density at radius 2 is 2.38 bits per heavy atom. The quantitative estimate of drug-likeness (QED) is 0.776. The van der Waals surface area contributed by atoms with E-state index in [9.17, 15) is 4.79 Å². The normalized spacial score (nSPS) is 32.3. The number of thioether (sulfide) groups is 1. The van der Waals surface area contributed by atoms with E-state index in [4.69, 9.17) is 5.73 Å². The average molecular weight is 244 g/mol. The van der Waals surface area contributed by atoms with E-state index in [1.165, 1.54) is 12.8 Å². The number of hydrogen-bond acceptors (Lipinski definition) is 3. The third-order valence-corrected chi connectivity index (χ3v) is 5.24. The van der Waals surface area contributed by atoms with Crippen LogP contribution in [0.4, 0.5) is 0 Å². The Labute approximate surface area is 103 Å². The molecule has 1 rings (SSSR count). The molecule has 0 spiro atoms. The summed E-state index contributed by atoms with van der Waals surface area (Å²) in [5.74, 6) is -0.190. The first-order valence-electron chi connectivity index (χ1n) is 6.18. The summed E-state index contributed by atoms with van der Waals surface area (Å²) in [6, 6.07) is 0. The number of nitrogens with one attached hydrogen (secondary N) is 1. The van der Waals surface area contributed by atoms with E-state index >= 15 is 0 Å². The van der Waals surface area contributed by atoms with Gasteiger partial charge in [0.25, 0.3) is 0 Å². The molecule has 3 unspecified atom stereocenters. The van der Waals surface area contributed by atoms with E-state index in [0.717, 1.165) is 19.3 Å². The Hall–Kier alpha value is -0.220. The lowest BCUT2D eigenvalue weighted by Crippen LogP contribution is -2.57.